The van der Waals surface area contributed by atoms with Crippen molar-refractivity contribution in [2.45, 2.75) is 59.5 Å². The molecule has 29 heavy (non-hydrogen) atoms. The number of benzene rings is 2. The van der Waals surface area contributed by atoms with Gasteiger partial charge in [-0.2, -0.15) is 0 Å². The third-order valence-electron chi connectivity index (χ3n) is 5.66. The Morgan fingerprint density at radius 3 is 2.34 bits per heavy atom. The van der Waals surface area contributed by atoms with Crippen molar-refractivity contribution in [3.8, 4) is 0 Å². The highest BCUT2D eigenvalue weighted by molar-refractivity contribution is 6.34. The number of anilines is 1. The summed E-state index contributed by atoms with van der Waals surface area (Å²) in [6.45, 7) is 10.3. The van der Waals surface area contributed by atoms with E-state index in [1.807, 2.05) is 38.1 Å². The fourth-order valence-electron chi connectivity index (χ4n) is 3.76. The quantitative estimate of drug-likeness (QED) is 0.505. The van der Waals surface area contributed by atoms with Gasteiger partial charge in [-0.15, -0.1) is 0 Å². The first kappa shape index (κ1) is 23.1. The number of aldehydes is 1. The summed E-state index contributed by atoms with van der Waals surface area (Å²) in [6.07, 6.45) is 3.03. The largest absolute Gasteiger partial charge is 0.321 e. The topological polar surface area (TPSA) is 58.2 Å². The van der Waals surface area contributed by atoms with E-state index >= 15 is 0 Å². The molecule has 0 fully saturated rings. The van der Waals surface area contributed by atoms with E-state index in [1.54, 1.807) is 12.1 Å². The molecule has 1 unspecified atom stereocenters. The smallest absolute Gasteiger partial charge is 0.255 e. The summed E-state index contributed by atoms with van der Waals surface area (Å²) in [7, 11) is 0. The lowest BCUT2D eigenvalue weighted by Gasteiger charge is -2.27. The molecular weight excluding hydrogens is 384 g/mol. The Balaban J connectivity index is 2.24. The van der Waals surface area contributed by atoms with E-state index in [0.29, 0.717) is 22.2 Å². The van der Waals surface area contributed by atoms with Crippen molar-refractivity contribution in [1.82, 2.24) is 5.32 Å². The summed E-state index contributed by atoms with van der Waals surface area (Å²) < 4.78 is 0. The fourth-order valence-corrected chi connectivity index (χ4v) is 3.98. The van der Waals surface area contributed by atoms with Crippen LogP contribution < -0.4 is 10.6 Å². The average Bonchev–Trinajstić information content (AvgIpc) is 2.70. The van der Waals surface area contributed by atoms with Crippen molar-refractivity contribution >= 4 is 29.5 Å². The van der Waals surface area contributed by atoms with Crippen LogP contribution in [0.4, 0.5) is 5.69 Å². The van der Waals surface area contributed by atoms with Crippen LogP contribution in [0, 0.1) is 19.8 Å². The van der Waals surface area contributed by atoms with Gasteiger partial charge in [-0.05, 0) is 61.6 Å². The molecule has 0 radical (unpaired) electrons. The van der Waals surface area contributed by atoms with Crippen molar-refractivity contribution in [2.75, 3.05) is 5.32 Å². The molecular formula is C24H31ClN2O2. The summed E-state index contributed by atoms with van der Waals surface area (Å²) in [5, 5.41) is 6.74. The maximum Gasteiger partial charge on any atom is 0.255 e. The third kappa shape index (κ3) is 5.68. The molecule has 0 heterocycles. The molecule has 2 aromatic carbocycles. The molecule has 2 N–H and O–H groups in total. The zero-order valence-electron chi connectivity index (χ0n) is 17.9. The van der Waals surface area contributed by atoms with Gasteiger partial charge in [0.1, 0.15) is 6.29 Å². The van der Waals surface area contributed by atoms with E-state index in [-0.39, 0.29) is 11.9 Å². The molecule has 0 aliphatic heterocycles. The molecule has 2 rings (SSSR count). The SMILES string of the molecule is CCC(CC)[C@@H](C)NC(C=O)c1cc(Cl)c(NC(=O)c2ccccc2C)cc1C. The number of rotatable bonds is 9. The first-order chi connectivity index (χ1) is 13.8. The highest BCUT2D eigenvalue weighted by Crippen LogP contribution is 2.30. The number of aryl methyl sites for hydroxylation is 2. The van der Waals surface area contributed by atoms with Gasteiger partial charge in [0.25, 0.3) is 5.91 Å². The van der Waals surface area contributed by atoms with Crippen LogP contribution in [0.25, 0.3) is 0 Å². The molecule has 0 spiro atoms. The second-order valence-electron chi connectivity index (χ2n) is 7.60. The van der Waals surface area contributed by atoms with E-state index < -0.39 is 6.04 Å². The second kappa shape index (κ2) is 10.6. The average molecular weight is 415 g/mol. The van der Waals surface area contributed by atoms with Crippen LogP contribution in [0.5, 0.6) is 0 Å². The predicted octanol–water partition coefficient (Wildman–Crippen LogP) is 5.86. The number of nitrogens with one attached hydrogen (secondary N) is 2. The maximum absolute atomic E-state index is 12.6. The van der Waals surface area contributed by atoms with E-state index in [1.165, 1.54) is 0 Å². The van der Waals surface area contributed by atoms with Gasteiger partial charge >= 0.3 is 0 Å². The van der Waals surface area contributed by atoms with Crippen molar-refractivity contribution in [1.29, 1.82) is 0 Å². The Labute approximate surface area is 179 Å². The number of hydrogen-bond acceptors (Lipinski definition) is 3. The van der Waals surface area contributed by atoms with E-state index in [4.69, 9.17) is 11.6 Å². The minimum absolute atomic E-state index is 0.204. The number of hydrogen-bond donors (Lipinski definition) is 2. The number of carbonyl (C=O) groups excluding carboxylic acids is 2. The van der Waals surface area contributed by atoms with Gasteiger partial charge in [0.15, 0.2) is 0 Å². The lowest BCUT2D eigenvalue weighted by Crippen LogP contribution is -2.37. The van der Waals surface area contributed by atoms with Gasteiger partial charge in [-0.1, -0.05) is 56.5 Å². The second-order valence-corrected chi connectivity index (χ2v) is 8.01. The molecule has 1 amide bonds. The van der Waals surface area contributed by atoms with Gasteiger partial charge < -0.3 is 15.4 Å². The molecule has 4 nitrogen and oxygen atoms in total. The van der Waals surface area contributed by atoms with E-state index in [0.717, 1.165) is 35.8 Å². The van der Waals surface area contributed by atoms with Crippen LogP contribution in [-0.4, -0.2) is 18.2 Å². The monoisotopic (exact) mass is 414 g/mol. The number of carbonyl (C=O) groups is 2. The minimum atomic E-state index is -0.441. The number of amides is 1. The molecule has 5 heteroatoms. The standard InChI is InChI=1S/C24H31ClN2O2/c1-6-18(7-2)17(5)26-23(14-28)20-13-21(25)22(12-16(20)4)27-24(29)19-11-9-8-10-15(19)3/h8-14,17-18,23,26H,6-7H2,1-5H3,(H,27,29)/t17-,23?/m1/s1. The molecule has 2 atom stereocenters. The van der Waals surface area contributed by atoms with Gasteiger partial charge in [0.2, 0.25) is 0 Å². The first-order valence-corrected chi connectivity index (χ1v) is 10.6. The van der Waals surface area contributed by atoms with E-state index in [9.17, 15) is 9.59 Å². The highest BCUT2D eigenvalue weighted by Gasteiger charge is 2.21. The molecule has 2 aromatic rings. The molecule has 0 saturated carbocycles. The van der Waals surface area contributed by atoms with Gasteiger partial charge in [0, 0.05) is 11.6 Å². The molecule has 156 valence electrons. The summed E-state index contributed by atoms with van der Waals surface area (Å²) in [5.74, 6) is 0.297. The Morgan fingerprint density at radius 2 is 1.76 bits per heavy atom. The summed E-state index contributed by atoms with van der Waals surface area (Å²) in [6, 6.07) is 10.8. The van der Waals surface area contributed by atoms with Crippen molar-refractivity contribution < 1.29 is 9.59 Å². The van der Waals surface area contributed by atoms with Crippen LogP contribution in [-0.2, 0) is 4.79 Å². The van der Waals surface area contributed by atoms with Crippen LogP contribution >= 0.6 is 11.6 Å². The Morgan fingerprint density at radius 1 is 1.10 bits per heavy atom. The van der Waals surface area contributed by atoms with Gasteiger partial charge in [0.05, 0.1) is 16.8 Å². The van der Waals surface area contributed by atoms with Crippen molar-refractivity contribution in [2.24, 2.45) is 5.92 Å². The molecule has 0 aromatic heterocycles. The summed E-state index contributed by atoms with van der Waals surface area (Å²) >= 11 is 6.47. The van der Waals surface area contributed by atoms with Crippen LogP contribution in [0.2, 0.25) is 5.02 Å². The van der Waals surface area contributed by atoms with Crippen molar-refractivity contribution in [3.63, 3.8) is 0 Å². The number of halogens is 1. The fraction of sp³-hybridized carbons (Fsp3) is 0.417. The van der Waals surface area contributed by atoms with Crippen molar-refractivity contribution in [3.05, 3.63) is 63.7 Å². The summed E-state index contributed by atoms with van der Waals surface area (Å²) in [4.78, 5) is 24.4. The maximum atomic E-state index is 12.6. The Kier molecular flexibility index (Phi) is 8.42. The molecule has 0 aliphatic carbocycles. The lowest BCUT2D eigenvalue weighted by molar-refractivity contribution is -0.110. The Hall–Kier alpha value is -2.17. The Bertz CT molecular complexity index is 862. The minimum Gasteiger partial charge on any atom is -0.321 e. The molecule has 0 aliphatic rings. The predicted molar refractivity (Wildman–Crippen MR) is 121 cm³/mol. The van der Waals surface area contributed by atoms with Crippen LogP contribution in [0.15, 0.2) is 36.4 Å². The van der Waals surface area contributed by atoms with E-state index in [2.05, 4.69) is 31.4 Å². The van der Waals surface area contributed by atoms with Crippen LogP contribution in [0.1, 0.15) is 66.7 Å². The third-order valence-corrected chi connectivity index (χ3v) is 5.98. The molecule has 0 bridgehead atoms. The summed E-state index contributed by atoms with van der Waals surface area (Å²) in [5.41, 5.74) is 3.78. The first-order valence-electron chi connectivity index (χ1n) is 10.2. The lowest BCUT2D eigenvalue weighted by atomic mass is 9.93. The normalized spacial score (nSPS) is 13.2. The molecule has 0 saturated heterocycles. The van der Waals surface area contributed by atoms with Gasteiger partial charge in [-0.3, -0.25) is 4.79 Å². The zero-order valence-corrected chi connectivity index (χ0v) is 18.6. The highest BCUT2D eigenvalue weighted by atomic mass is 35.5. The van der Waals surface area contributed by atoms with Gasteiger partial charge in [-0.25, -0.2) is 0 Å². The zero-order chi connectivity index (χ0) is 21.6. The van der Waals surface area contributed by atoms with Crippen LogP contribution in [0.3, 0.4) is 0 Å².